The smallest absolute Gasteiger partial charge is 0.251 e. The summed E-state index contributed by atoms with van der Waals surface area (Å²) in [6, 6.07) is 6.11. The molecule has 0 radical (unpaired) electrons. The molecule has 1 N–H and O–H groups in total. The van der Waals surface area contributed by atoms with E-state index in [0.29, 0.717) is 6.42 Å². The van der Waals surface area contributed by atoms with Crippen LogP contribution in [0.1, 0.15) is 23.6 Å². The van der Waals surface area contributed by atoms with Crippen LogP contribution in [-0.2, 0) is 13.0 Å². The molecule has 1 fully saturated rings. The first kappa shape index (κ1) is 18.8. The number of imidazole rings is 1. The Morgan fingerprint density at radius 2 is 1.93 bits per heavy atom. The lowest BCUT2D eigenvalue weighted by atomic mass is 10.1. The molecule has 1 saturated heterocycles. The number of aryl methyl sites for hydroxylation is 2. The quantitative estimate of drug-likeness (QED) is 0.568. The van der Waals surface area contributed by atoms with E-state index in [9.17, 15) is 4.79 Å². The summed E-state index contributed by atoms with van der Waals surface area (Å²) in [5.41, 5.74) is 7.09. The number of hydrogen-bond donors (Lipinski definition) is 1. The number of aromatic nitrogens is 4. The molecule has 0 saturated carbocycles. The summed E-state index contributed by atoms with van der Waals surface area (Å²) in [6.45, 7) is 8.93. The first-order valence-corrected chi connectivity index (χ1v) is 10.5. The fourth-order valence-corrected chi connectivity index (χ4v) is 4.30. The van der Waals surface area contributed by atoms with Crippen molar-refractivity contribution in [3.05, 3.63) is 70.0 Å². The highest BCUT2D eigenvalue weighted by atomic mass is 16.1. The van der Waals surface area contributed by atoms with Crippen LogP contribution in [0.25, 0.3) is 16.7 Å². The van der Waals surface area contributed by atoms with Crippen molar-refractivity contribution in [2.24, 2.45) is 0 Å². The van der Waals surface area contributed by atoms with Crippen LogP contribution in [0.5, 0.6) is 0 Å². The van der Waals surface area contributed by atoms with E-state index < -0.39 is 0 Å². The SMILES string of the molecule is CCc1cc2ncc(CN3CCN(c4cn5ccnc5cc4C)CC3)cc2[nH]c1=O. The molecule has 154 valence electrons. The molecule has 7 heteroatoms. The van der Waals surface area contributed by atoms with Crippen molar-refractivity contribution in [2.75, 3.05) is 31.1 Å². The third-order valence-corrected chi connectivity index (χ3v) is 6.04. The van der Waals surface area contributed by atoms with Crippen LogP contribution < -0.4 is 10.5 Å². The Morgan fingerprint density at radius 3 is 2.73 bits per heavy atom. The van der Waals surface area contributed by atoms with Crippen LogP contribution in [-0.4, -0.2) is 50.4 Å². The molecule has 7 nitrogen and oxygen atoms in total. The van der Waals surface area contributed by atoms with Crippen molar-refractivity contribution in [1.29, 1.82) is 0 Å². The van der Waals surface area contributed by atoms with Crippen LogP contribution >= 0.6 is 0 Å². The van der Waals surface area contributed by atoms with Gasteiger partial charge >= 0.3 is 0 Å². The molecular weight excluding hydrogens is 376 g/mol. The van der Waals surface area contributed by atoms with E-state index >= 15 is 0 Å². The maximum absolute atomic E-state index is 12.1. The number of aromatic amines is 1. The molecule has 1 aliphatic rings. The molecule has 0 aromatic carbocycles. The fraction of sp³-hybridized carbons (Fsp3) is 0.348. The second-order valence-corrected chi connectivity index (χ2v) is 8.05. The minimum absolute atomic E-state index is 0.0113. The average molecular weight is 403 g/mol. The number of rotatable bonds is 4. The number of H-pyrrole nitrogens is 1. The molecule has 1 aliphatic heterocycles. The lowest BCUT2D eigenvalue weighted by Gasteiger charge is -2.36. The molecule has 5 rings (SSSR count). The highest BCUT2D eigenvalue weighted by Crippen LogP contribution is 2.23. The summed E-state index contributed by atoms with van der Waals surface area (Å²) in [7, 11) is 0. The lowest BCUT2D eigenvalue weighted by Crippen LogP contribution is -2.46. The van der Waals surface area contributed by atoms with E-state index in [1.54, 1.807) is 0 Å². The van der Waals surface area contributed by atoms with Gasteiger partial charge in [-0.2, -0.15) is 0 Å². The molecule has 0 amide bonds. The van der Waals surface area contributed by atoms with E-state index in [2.05, 4.69) is 54.4 Å². The molecular formula is C23H26N6O. The predicted molar refractivity (Wildman–Crippen MR) is 119 cm³/mol. The number of nitrogens with zero attached hydrogens (tertiary/aromatic N) is 5. The Balaban J connectivity index is 1.28. The predicted octanol–water partition coefficient (Wildman–Crippen LogP) is 2.76. The van der Waals surface area contributed by atoms with Gasteiger partial charge in [0.2, 0.25) is 0 Å². The number of nitrogens with one attached hydrogen (secondary N) is 1. The van der Waals surface area contributed by atoms with Gasteiger partial charge in [0, 0.05) is 63.1 Å². The molecule has 0 bridgehead atoms. The van der Waals surface area contributed by atoms with Crippen LogP contribution in [0.4, 0.5) is 5.69 Å². The van der Waals surface area contributed by atoms with Crippen molar-refractivity contribution in [3.8, 4) is 0 Å². The van der Waals surface area contributed by atoms with E-state index in [0.717, 1.165) is 60.5 Å². The summed E-state index contributed by atoms with van der Waals surface area (Å²) >= 11 is 0. The lowest BCUT2D eigenvalue weighted by molar-refractivity contribution is 0.249. The Morgan fingerprint density at radius 1 is 1.10 bits per heavy atom. The summed E-state index contributed by atoms with van der Waals surface area (Å²) < 4.78 is 2.08. The second kappa shape index (κ2) is 7.57. The molecule has 4 aromatic rings. The Bertz CT molecular complexity index is 1270. The van der Waals surface area contributed by atoms with Gasteiger partial charge in [0.1, 0.15) is 5.65 Å². The van der Waals surface area contributed by atoms with Gasteiger partial charge in [-0.15, -0.1) is 0 Å². The summed E-state index contributed by atoms with van der Waals surface area (Å²) in [5.74, 6) is 0. The van der Waals surface area contributed by atoms with Crippen LogP contribution in [0.15, 0.2) is 47.8 Å². The third-order valence-electron chi connectivity index (χ3n) is 6.04. The molecule has 0 spiro atoms. The Labute approximate surface area is 175 Å². The number of anilines is 1. The van der Waals surface area contributed by atoms with Gasteiger partial charge in [0.15, 0.2) is 0 Å². The fourth-order valence-electron chi connectivity index (χ4n) is 4.30. The zero-order chi connectivity index (χ0) is 20.7. The normalized spacial score (nSPS) is 15.3. The highest BCUT2D eigenvalue weighted by Gasteiger charge is 2.19. The van der Waals surface area contributed by atoms with Gasteiger partial charge in [-0.05, 0) is 42.7 Å². The minimum Gasteiger partial charge on any atom is -0.368 e. The zero-order valence-corrected chi connectivity index (χ0v) is 17.4. The van der Waals surface area contributed by atoms with Crippen molar-refractivity contribution < 1.29 is 0 Å². The van der Waals surface area contributed by atoms with Gasteiger partial charge in [0.05, 0.1) is 16.7 Å². The summed E-state index contributed by atoms with van der Waals surface area (Å²) in [5, 5.41) is 0. The maximum Gasteiger partial charge on any atom is 0.251 e. The van der Waals surface area contributed by atoms with Gasteiger partial charge in [0.25, 0.3) is 5.56 Å². The van der Waals surface area contributed by atoms with Crippen molar-refractivity contribution in [2.45, 2.75) is 26.8 Å². The third kappa shape index (κ3) is 3.45. The largest absolute Gasteiger partial charge is 0.368 e. The zero-order valence-electron chi connectivity index (χ0n) is 17.4. The highest BCUT2D eigenvalue weighted by molar-refractivity contribution is 5.74. The number of fused-ring (bicyclic) bond motifs is 2. The molecule has 0 aliphatic carbocycles. The Kier molecular flexibility index (Phi) is 4.75. The van der Waals surface area contributed by atoms with E-state index in [1.807, 2.05) is 31.6 Å². The van der Waals surface area contributed by atoms with Crippen molar-refractivity contribution in [1.82, 2.24) is 24.3 Å². The van der Waals surface area contributed by atoms with E-state index in [1.165, 1.54) is 11.3 Å². The monoisotopic (exact) mass is 402 g/mol. The summed E-state index contributed by atoms with van der Waals surface area (Å²) in [4.78, 5) is 29.0. The van der Waals surface area contributed by atoms with Gasteiger partial charge in [-0.3, -0.25) is 14.7 Å². The molecule has 30 heavy (non-hydrogen) atoms. The van der Waals surface area contributed by atoms with Crippen LogP contribution in [0.3, 0.4) is 0 Å². The number of hydrogen-bond acceptors (Lipinski definition) is 5. The molecule has 0 unspecified atom stereocenters. The topological polar surface area (TPSA) is 69.5 Å². The average Bonchev–Trinajstić information content (AvgIpc) is 3.20. The first-order chi connectivity index (χ1) is 14.6. The Hall–Kier alpha value is -3.19. The summed E-state index contributed by atoms with van der Waals surface area (Å²) in [6.07, 6.45) is 8.66. The molecule has 4 aromatic heterocycles. The second-order valence-electron chi connectivity index (χ2n) is 8.05. The van der Waals surface area contributed by atoms with Gasteiger partial charge in [-0.1, -0.05) is 6.92 Å². The first-order valence-electron chi connectivity index (χ1n) is 10.5. The van der Waals surface area contributed by atoms with E-state index in [-0.39, 0.29) is 5.56 Å². The van der Waals surface area contributed by atoms with E-state index in [4.69, 9.17) is 0 Å². The van der Waals surface area contributed by atoms with Gasteiger partial charge < -0.3 is 14.3 Å². The number of piperazine rings is 1. The van der Waals surface area contributed by atoms with Crippen molar-refractivity contribution >= 4 is 22.4 Å². The molecule has 0 atom stereocenters. The minimum atomic E-state index is -0.0113. The van der Waals surface area contributed by atoms with Crippen molar-refractivity contribution in [3.63, 3.8) is 0 Å². The maximum atomic E-state index is 12.1. The van der Waals surface area contributed by atoms with Crippen LogP contribution in [0, 0.1) is 6.92 Å². The number of pyridine rings is 3. The van der Waals surface area contributed by atoms with Gasteiger partial charge in [-0.25, -0.2) is 4.98 Å². The van der Waals surface area contributed by atoms with Crippen LogP contribution in [0.2, 0.25) is 0 Å². The standard InChI is InChI=1S/C23H26N6O/c1-3-18-12-19-20(26-23(18)30)11-17(13-25-19)14-27-6-8-28(9-7-27)21-15-29-5-4-24-22(29)10-16(21)2/h4-5,10-13,15H,3,6-9,14H2,1-2H3,(H,26,30). The molecule has 5 heterocycles.